The average molecular weight is 396 g/mol. The van der Waals surface area contributed by atoms with E-state index in [0.29, 0.717) is 35.4 Å². The van der Waals surface area contributed by atoms with Crippen molar-refractivity contribution >= 4 is 43.5 Å². The number of rotatable bonds is 3. The molecule has 116 valence electrons. The molecule has 0 bridgehead atoms. The molecular formula is C13H16BrClN2O3S. The first-order valence-electron chi connectivity index (χ1n) is 6.52. The zero-order valence-corrected chi connectivity index (χ0v) is 14.6. The number of carbonyl (C=O) groups excluding carboxylic acids is 1. The van der Waals surface area contributed by atoms with Gasteiger partial charge in [-0.05, 0) is 47.0 Å². The number of halogens is 2. The second kappa shape index (κ2) is 6.64. The highest BCUT2D eigenvalue weighted by molar-refractivity contribution is 9.10. The number of nitrogens with one attached hydrogen (secondary N) is 1. The fourth-order valence-corrected chi connectivity index (χ4v) is 4.22. The molecule has 0 aromatic heterocycles. The lowest BCUT2D eigenvalue weighted by molar-refractivity contribution is -0.129. The van der Waals surface area contributed by atoms with Gasteiger partial charge in [0.2, 0.25) is 15.9 Å². The van der Waals surface area contributed by atoms with E-state index >= 15 is 0 Å². The molecular weight excluding hydrogens is 380 g/mol. The Balaban J connectivity index is 2.05. The van der Waals surface area contributed by atoms with Crippen LogP contribution in [0.25, 0.3) is 0 Å². The Morgan fingerprint density at radius 1 is 1.38 bits per heavy atom. The SMILES string of the molecule is CC(=O)N1CCC(NS(=O)(=O)c2ccc(Cl)c(Br)c2)CC1. The van der Waals surface area contributed by atoms with Crippen molar-refractivity contribution < 1.29 is 13.2 Å². The molecule has 1 N–H and O–H groups in total. The van der Waals surface area contributed by atoms with Gasteiger partial charge in [0.25, 0.3) is 0 Å². The Kier molecular flexibility index (Phi) is 5.29. The molecule has 1 aliphatic heterocycles. The number of hydrogen-bond acceptors (Lipinski definition) is 3. The lowest BCUT2D eigenvalue weighted by Crippen LogP contribution is -2.45. The molecule has 0 aliphatic carbocycles. The van der Waals surface area contributed by atoms with Crippen molar-refractivity contribution in [3.63, 3.8) is 0 Å². The molecule has 8 heteroatoms. The minimum Gasteiger partial charge on any atom is -0.343 e. The smallest absolute Gasteiger partial charge is 0.240 e. The number of benzene rings is 1. The van der Waals surface area contributed by atoms with Crippen LogP contribution in [0.3, 0.4) is 0 Å². The van der Waals surface area contributed by atoms with Gasteiger partial charge < -0.3 is 4.90 Å². The molecule has 1 fully saturated rings. The summed E-state index contributed by atoms with van der Waals surface area (Å²) in [5.74, 6) is 0.0259. The highest BCUT2D eigenvalue weighted by Crippen LogP contribution is 2.25. The van der Waals surface area contributed by atoms with Crippen LogP contribution in [0.5, 0.6) is 0 Å². The Hall–Kier alpha value is -0.630. The van der Waals surface area contributed by atoms with Crippen molar-refractivity contribution in [1.29, 1.82) is 0 Å². The number of sulfonamides is 1. The predicted molar refractivity (Wildman–Crippen MR) is 84.7 cm³/mol. The van der Waals surface area contributed by atoms with Crippen LogP contribution in [0.2, 0.25) is 5.02 Å². The first-order valence-corrected chi connectivity index (χ1v) is 9.18. The van der Waals surface area contributed by atoms with Gasteiger partial charge in [0.05, 0.1) is 9.92 Å². The van der Waals surface area contributed by atoms with Gasteiger partial charge in [-0.1, -0.05) is 11.6 Å². The normalized spacial score (nSPS) is 17.0. The number of carbonyl (C=O) groups is 1. The zero-order chi connectivity index (χ0) is 15.6. The average Bonchev–Trinajstić information content (AvgIpc) is 2.42. The number of likely N-dealkylation sites (tertiary alicyclic amines) is 1. The van der Waals surface area contributed by atoms with Gasteiger partial charge in [-0.15, -0.1) is 0 Å². The van der Waals surface area contributed by atoms with Gasteiger partial charge in [0.1, 0.15) is 0 Å². The van der Waals surface area contributed by atoms with Crippen LogP contribution >= 0.6 is 27.5 Å². The van der Waals surface area contributed by atoms with Gasteiger partial charge in [0, 0.05) is 30.5 Å². The summed E-state index contributed by atoms with van der Waals surface area (Å²) >= 11 is 9.09. The van der Waals surface area contributed by atoms with E-state index in [-0.39, 0.29) is 16.8 Å². The van der Waals surface area contributed by atoms with E-state index in [2.05, 4.69) is 20.7 Å². The summed E-state index contributed by atoms with van der Waals surface area (Å²) in [5, 5.41) is 0.462. The summed E-state index contributed by atoms with van der Waals surface area (Å²) < 4.78 is 27.9. The van der Waals surface area contributed by atoms with E-state index in [9.17, 15) is 13.2 Å². The van der Waals surface area contributed by atoms with Crippen molar-refractivity contribution in [2.24, 2.45) is 0 Å². The molecule has 5 nitrogen and oxygen atoms in total. The van der Waals surface area contributed by atoms with Gasteiger partial charge in [-0.25, -0.2) is 13.1 Å². The minimum atomic E-state index is -3.58. The molecule has 1 aromatic rings. The van der Waals surface area contributed by atoms with E-state index < -0.39 is 10.0 Å². The van der Waals surface area contributed by atoms with Crippen LogP contribution in [0, 0.1) is 0 Å². The van der Waals surface area contributed by atoms with Crippen LogP contribution < -0.4 is 4.72 Å². The second-order valence-corrected chi connectivity index (χ2v) is 7.95. The van der Waals surface area contributed by atoms with Gasteiger partial charge >= 0.3 is 0 Å². The Morgan fingerprint density at radius 3 is 2.52 bits per heavy atom. The molecule has 0 spiro atoms. The number of amides is 1. The summed E-state index contributed by atoms with van der Waals surface area (Å²) in [4.78, 5) is 13.2. The molecule has 0 atom stereocenters. The third-order valence-corrected chi connectivity index (χ3v) is 6.20. The number of nitrogens with zero attached hydrogens (tertiary/aromatic N) is 1. The molecule has 1 amide bonds. The fourth-order valence-electron chi connectivity index (χ4n) is 2.24. The van der Waals surface area contributed by atoms with Crippen molar-refractivity contribution in [2.75, 3.05) is 13.1 Å². The molecule has 2 rings (SSSR count). The Morgan fingerprint density at radius 2 is 2.00 bits per heavy atom. The Labute approximate surface area is 137 Å². The molecule has 1 aromatic carbocycles. The third kappa shape index (κ3) is 4.18. The molecule has 21 heavy (non-hydrogen) atoms. The lowest BCUT2D eigenvalue weighted by atomic mass is 10.1. The molecule has 1 aliphatic rings. The maximum Gasteiger partial charge on any atom is 0.240 e. The molecule has 1 saturated heterocycles. The summed E-state index contributed by atoms with van der Waals surface area (Å²) in [6.45, 7) is 2.68. The maximum absolute atomic E-state index is 12.3. The quantitative estimate of drug-likeness (QED) is 0.854. The number of piperidine rings is 1. The summed E-state index contributed by atoms with van der Waals surface area (Å²) in [5.41, 5.74) is 0. The van der Waals surface area contributed by atoms with Crippen LogP contribution in [-0.4, -0.2) is 38.4 Å². The van der Waals surface area contributed by atoms with Gasteiger partial charge in [-0.3, -0.25) is 4.79 Å². The molecule has 0 unspecified atom stereocenters. The van der Waals surface area contributed by atoms with E-state index in [0.717, 1.165) is 0 Å². The van der Waals surface area contributed by atoms with Crippen LogP contribution in [0.15, 0.2) is 27.6 Å². The van der Waals surface area contributed by atoms with E-state index in [4.69, 9.17) is 11.6 Å². The summed E-state index contributed by atoms with van der Waals surface area (Å²) in [6, 6.07) is 4.34. The first-order chi connectivity index (χ1) is 9.79. The first kappa shape index (κ1) is 16.7. The number of hydrogen-bond donors (Lipinski definition) is 1. The minimum absolute atomic E-state index is 0.0259. The molecule has 0 radical (unpaired) electrons. The lowest BCUT2D eigenvalue weighted by Gasteiger charge is -2.31. The molecule has 0 saturated carbocycles. The maximum atomic E-state index is 12.3. The third-order valence-electron chi connectivity index (χ3n) is 3.46. The van der Waals surface area contributed by atoms with Crippen LogP contribution in [0.1, 0.15) is 19.8 Å². The summed E-state index contributed by atoms with van der Waals surface area (Å²) in [7, 11) is -3.58. The zero-order valence-electron chi connectivity index (χ0n) is 11.5. The monoisotopic (exact) mass is 394 g/mol. The summed E-state index contributed by atoms with van der Waals surface area (Å²) in [6.07, 6.45) is 1.24. The van der Waals surface area contributed by atoms with Crippen molar-refractivity contribution in [3.05, 3.63) is 27.7 Å². The Bertz CT molecular complexity index is 643. The highest BCUT2D eigenvalue weighted by Gasteiger charge is 2.25. The van der Waals surface area contributed by atoms with Gasteiger partial charge in [0.15, 0.2) is 0 Å². The van der Waals surface area contributed by atoms with E-state index in [1.807, 2.05) is 0 Å². The predicted octanol–water partition coefficient (Wildman–Crippen LogP) is 2.39. The van der Waals surface area contributed by atoms with Crippen LogP contribution in [0.4, 0.5) is 0 Å². The highest BCUT2D eigenvalue weighted by atomic mass is 79.9. The van der Waals surface area contributed by atoms with Gasteiger partial charge in [-0.2, -0.15) is 0 Å². The van der Waals surface area contributed by atoms with Crippen molar-refractivity contribution in [3.8, 4) is 0 Å². The fraction of sp³-hybridized carbons (Fsp3) is 0.462. The van der Waals surface area contributed by atoms with E-state index in [1.54, 1.807) is 11.0 Å². The standard InChI is InChI=1S/C13H16BrClN2O3S/c1-9(18)17-6-4-10(5-7-17)16-21(19,20)11-2-3-13(15)12(14)8-11/h2-3,8,10,16H,4-7H2,1H3. The van der Waals surface area contributed by atoms with Crippen molar-refractivity contribution in [2.45, 2.75) is 30.7 Å². The molecule has 1 heterocycles. The topological polar surface area (TPSA) is 66.5 Å². The second-order valence-electron chi connectivity index (χ2n) is 4.98. The largest absolute Gasteiger partial charge is 0.343 e. The van der Waals surface area contributed by atoms with Crippen LogP contribution in [-0.2, 0) is 14.8 Å². The van der Waals surface area contributed by atoms with Crippen molar-refractivity contribution in [1.82, 2.24) is 9.62 Å². The van der Waals surface area contributed by atoms with E-state index in [1.165, 1.54) is 19.1 Å².